The van der Waals surface area contributed by atoms with Crippen LogP contribution in [0.25, 0.3) is 0 Å². The molecule has 0 saturated carbocycles. The molecule has 2 unspecified atom stereocenters. The van der Waals surface area contributed by atoms with Crippen molar-refractivity contribution in [3.63, 3.8) is 0 Å². The van der Waals surface area contributed by atoms with E-state index in [1.807, 2.05) is 12.1 Å². The summed E-state index contributed by atoms with van der Waals surface area (Å²) in [4.78, 5) is 2.60. The molecule has 2 saturated heterocycles. The second kappa shape index (κ2) is 4.63. The molecule has 98 valence electrons. The third-order valence-electron chi connectivity index (χ3n) is 4.29. The molecule has 0 aliphatic carbocycles. The van der Waals surface area contributed by atoms with Gasteiger partial charge in [-0.3, -0.25) is 4.90 Å². The van der Waals surface area contributed by atoms with Crippen molar-refractivity contribution >= 4 is 23.0 Å². The molecule has 2 heterocycles. The molecular weight excluding hydrogens is 246 g/mol. The first kappa shape index (κ1) is 12.1. The van der Waals surface area contributed by atoms with E-state index in [9.17, 15) is 0 Å². The van der Waals surface area contributed by atoms with Gasteiger partial charge in [-0.2, -0.15) is 0 Å². The Balaban J connectivity index is 1.78. The van der Waals surface area contributed by atoms with Crippen LogP contribution in [-0.2, 0) is 0 Å². The standard InChI is InChI=1S/C14H20ClN3/c1-9-7-11(16)10(15)8-13(9)17-12-4-6-18-5-2-3-14(12)18/h7-8,12,14,17H,2-6,16H2,1H3. The number of rotatable bonds is 2. The molecule has 3 nitrogen and oxygen atoms in total. The lowest BCUT2D eigenvalue weighted by molar-refractivity contribution is 0.318. The SMILES string of the molecule is Cc1cc(N)c(Cl)cc1NC1CCN2CCCC12. The zero-order valence-corrected chi connectivity index (χ0v) is 11.5. The van der Waals surface area contributed by atoms with Gasteiger partial charge in [0.15, 0.2) is 0 Å². The van der Waals surface area contributed by atoms with Gasteiger partial charge in [0, 0.05) is 24.3 Å². The van der Waals surface area contributed by atoms with Crippen LogP contribution < -0.4 is 11.1 Å². The van der Waals surface area contributed by atoms with Crippen LogP contribution >= 0.6 is 11.6 Å². The molecular formula is C14H20ClN3. The summed E-state index contributed by atoms with van der Waals surface area (Å²) >= 11 is 6.11. The first-order valence-electron chi connectivity index (χ1n) is 6.71. The number of nitrogens with zero attached hydrogens (tertiary/aromatic N) is 1. The van der Waals surface area contributed by atoms with Gasteiger partial charge in [-0.15, -0.1) is 0 Å². The molecule has 0 radical (unpaired) electrons. The Labute approximate surface area is 113 Å². The number of hydrogen-bond donors (Lipinski definition) is 2. The lowest BCUT2D eigenvalue weighted by atomic mass is 10.1. The van der Waals surface area contributed by atoms with Crippen molar-refractivity contribution in [2.24, 2.45) is 0 Å². The maximum Gasteiger partial charge on any atom is 0.0656 e. The van der Waals surface area contributed by atoms with E-state index >= 15 is 0 Å². The highest BCUT2D eigenvalue weighted by molar-refractivity contribution is 6.33. The Bertz CT molecular complexity index is 461. The fraction of sp³-hybridized carbons (Fsp3) is 0.571. The van der Waals surface area contributed by atoms with Gasteiger partial charge in [0.25, 0.3) is 0 Å². The number of benzene rings is 1. The van der Waals surface area contributed by atoms with Crippen LogP contribution in [0.3, 0.4) is 0 Å². The van der Waals surface area contributed by atoms with E-state index in [0.717, 1.165) is 5.69 Å². The lowest BCUT2D eigenvalue weighted by Crippen LogP contribution is -2.33. The average Bonchev–Trinajstić information content (AvgIpc) is 2.90. The predicted octanol–water partition coefficient (Wildman–Crippen LogP) is 2.88. The molecule has 18 heavy (non-hydrogen) atoms. The van der Waals surface area contributed by atoms with Crippen molar-refractivity contribution < 1.29 is 0 Å². The van der Waals surface area contributed by atoms with E-state index in [-0.39, 0.29) is 0 Å². The van der Waals surface area contributed by atoms with E-state index in [4.69, 9.17) is 17.3 Å². The number of nitrogens with two attached hydrogens (primary N) is 1. The fourth-order valence-corrected chi connectivity index (χ4v) is 3.47. The van der Waals surface area contributed by atoms with Gasteiger partial charge in [0.2, 0.25) is 0 Å². The topological polar surface area (TPSA) is 41.3 Å². The van der Waals surface area contributed by atoms with Crippen LogP contribution in [-0.4, -0.2) is 30.1 Å². The second-order valence-corrected chi connectivity index (χ2v) is 5.88. The first-order valence-corrected chi connectivity index (χ1v) is 7.09. The Kier molecular flexibility index (Phi) is 3.12. The van der Waals surface area contributed by atoms with Crippen molar-refractivity contribution in [3.8, 4) is 0 Å². The van der Waals surface area contributed by atoms with Gasteiger partial charge in [-0.25, -0.2) is 0 Å². The van der Waals surface area contributed by atoms with Crippen LogP contribution in [0.15, 0.2) is 12.1 Å². The minimum atomic E-state index is 0.561. The van der Waals surface area contributed by atoms with Gasteiger partial charge >= 0.3 is 0 Å². The number of halogens is 1. The van der Waals surface area contributed by atoms with Crippen LogP contribution in [0.4, 0.5) is 11.4 Å². The number of nitrogen functional groups attached to an aromatic ring is 1. The summed E-state index contributed by atoms with van der Waals surface area (Å²) in [5, 5.41) is 4.31. The van der Waals surface area contributed by atoms with Crippen LogP contribution in [0.1, 0.15) is 24.8 Å². The summed E-state index contributed by atoms with van der Waals surface area (Å²) in [5.74, 6) is 0. The molecule has 4 heteroatoms. The maximum absolute atomic E-state index is 6.11. The molecule has 1 aromatic carbocycles. The minimum absolute atomic E-state index is 0.561. The van der Waals surface area contributed by atoms with Crippen LogP contribution in [0, 0.1) is 6.92 Å². The van der Waals surface area contributed by atoms with Crippen molar-refractivity contribution in [1.29, 1.82) is 0 Å². The molecule has 3 N–H and O–H groups in total. The number of hydrogen-bond acceptors (Lipinski definition) is 3. The second-order valence-electron chi connectivity index (χ2n) is 5.47. The van der Waals surface area contributed by atoms with E-state index in [2.05, 4.69) is 17.1 Å². The van der Waals surface area contributed by atoms with E-state index in [1.54, 1.807) is 0 Å². The van der Waals surface area contributed by atoms with E-state index in [0.29, 0.717) is 22.8 Å². The summed E-state index contributed by atoms with van der Waals surface area (Å²) in [7, 11) is 0. The Morgan fingerprint density at radius 3 is 3.00 bits per heavy atom. The van der Waals surface area contributed by atoms with Gasteiger partial charge < -0.3 is 11.1 Å². The van der Waals surface area contributed by atoms with Crippen LogP contribution in [0.2, 0.25) is 5.02 Å². The Morgan fingerprint density at radius 2 is 2.17 bits per heavy atom. The Hall–Kier alpha value is -0.930. The molecule has 2 aliphatic heterocycles. The highest BCUT2D eigenvalue weighted by atomic mass is 35.5. The quantitative estimate of drug-likeness (QED) is 0.808. The molecule has 2 atom stereocenters. The van der Waals surface area contributed by atoms with Crippen LogP contribution in [0.5, 0.6) is 0 Å². The molecule has 0 spiro atoms. The summed E-state index contributed by atoms with van der Waals surface area (Å²) in [6, 6.07) is 5.18. The van der Waals surface area contributed by atoms with Crippen molar-refractivity contribution in [2.45, 2.75) is 38.3 Å². The van der Waals surface area contributed by atoms with Gasteiger partial charge in [0.1, 0.15) is 0 Å². The highest BCUT2D eigenvalue weighted by Crippen LogP contribution is 2.33. The normalized spacial score (nSPS) is 27.4. The van der Waals surface area contributed by atoms with Crippen molar-refractivity contribution in [2.75, 3.05) is 24.1 Å². The molecule has 1 aromatic rings. The van der Waals surface area contributed by atoms with E-state index < -0.39 is 0 Å². The smallest absolute Gasteiger partial charge is 0.0656 e. The third-order valence-corrected chi connectivity index (χ3v) is 4.62. The van der Waals surface area contributed by atoms with Crippen molar-refractivity contribution in [1.82, 2.24) is 4.90 Å². The van der Waals surface area contributed by atoms with Gasteiger partial charge in [-0.1, -0.05) is 11.6 Å². The predicted molar refractivity (Wildman–Crippen MR) is 77.2 cm³/mol. The van der Waals surface area contributed by atoms with Crippen molar-refractivity contribution in [3.05, 3.63) is 22.7 Å². The monoisotopic (exact) mass is 265 g/mol. The number of aryl methyl sites for hydroxylation is 1. The molecule has 3 rings (SSSR count). The third kappa shape index (κ3) is 2.06. The summed E-state index contributed by atoms with van der Waals surface area (Å²) < 4.78 is 0. The maximum atomic E-state index is 6.11. The van der Waals surface area contributed by atoms with Gasteiger partial charge in [0.05, 0.1) is 10.7 Å². The molecule has 2 aliphatic rings. The van der Waals surface area contributed by atoms with Gasteiger partial charge in [-0.05, 0) is 50.4 Å². The van der Waals surface area contributed by atoms with E-state index in [1.165, 1.54) is 37.9 Å². The number of nitrogens with one attached hydrogen (secondary N) is 1. The molecule has 0 amide bonds. The zero-order chi connectivity index (χ0) is 12.7. The fourth-order valence-electron chi connectivity index (χ4n) is 3.31. The minimum Gasteiger partial charge on any atom is -0.398 e. The zero-order valence-electron chi connectivity index (χ0n) is 10.7. The molecule has 0 bridgehead atoms. The Morgan fingerprint density at radius 1 is 1.33 bits per heavy atom. The molecule has 2 fully saturated rings. The largest absolute Gasteiger partial charge is 0.398 e. The number of anilines is 2. The molecule has 0 aromatic heterocycles. The average molecular weight is 266 g/mol. The summed E-state index contributed by atoms with van der Waals surface area (Å²) in [6.07, 6.45) is 3.88. The lowest BCUT2D eigenvalue weighted by Gasteiger charge is -2.23. The highest BCUT2D eigenvalue weighted by Gasteiger charge is 2.37. The number of fused-ring (bicyclic) bond motifs is 1. The first-order chi connectivity index (χ1) is 8.65. The summed E-state index contributed by atoms with van der Waals surface area (Å²) in [5.41, 5.74) is 8.78. The summed E-state index contributed by atoms with van der Waals surface area (Å²) in [6.45, 7) is 4.57.